The fraction of sp³-hybridized carbons (Fsp3) is 0.421. The van der Waals surface area contributed by atoms with Gasteiger partial charge in [0.2, 0.25) is 5.95 Å². The van der Waals surface area contributed by atoms with Crippen molar-refractivity contribution < 1.29 is 28.5 Å². The Labute approximate surface area is 178 Å². The Morgan fingerprint density at radius 1 is 1.13 bits per heavy atom. The van der Waals surface area contributed by atoms with Gasteiger partial charge in [0.1, 0.15) is 23.5 Å². The lowest BCUT2D eigenvalue weighted by atomic mass is 10.1. The number of halogens is 3. The number of aliphatic hydroxyl groups excluding tert-OH is 3. The molecule has 0 bridgehead atoms. The van der Waals surface area contributed by atoms with Gasteiger partial charge >= 0.3 is 6.18 Å². The molecule has 12 heteroatoms. The Hall–Kier alpha value is -2.54. The van der Waals surface area contributed by atoms with Crippen LogP contribution in [-0.4, -0.2) is 67.8 Å². The van der Waals surface area contributed by atoms with Crippen molar-refractivity contribution in [3.8, 4) is 10.6 Å². The lowest BCUT2D eigenvalue weighted by Crippen LogP contribution is -2.35. The zero-order valence-corrected chi connectivity index (χ0v) is 16.9. The zero-order chi connectivity index (χ0) is 22.2. The molecule has 0 aliphatic heterocycles. The van der Waals surface area contributed by atoms with Crippen molar-refractivity contribution in [2.24, 2.45) is 5.92 Å². The van der Waals surface area contributed by atoms with Crippen LogP contribution in [0.25, 0.3) is 20.8 Å². The van der Waals surface area contributed by atoms with Crippen molar-refractivity contribution in [1.29, 1.82) is 0 Å². The van der Waals surface area contributed by atoms with E-state index in [9.17, 15) is 28.5 Å². The Balaban J connectivity index is 1.68. The average molecular weight is 455 g/mol. The van der Waals surface area contributed by atoms with E-state index in [2.05, 4.69) is 25.6 Å². The molecule has 0 unspecified atom stereocenters. The molecule has 1 aliphatic carbocycles. The number of alkyl halides is 3. The highest BCUT2D eigenvalue weighted by Gasteiger charge is 2.41. The van der Waals surface area contributed by atoms with E-state index in [4.69, 9.17) is 0 Å². The summed E-state index contributed by atoms with van der Waals surface area (Å²) >= 11 is 1.37. The molecule has 0 radical (unpaired) electrons. The molecular formula is C19H20F3N5O3S. The van der Waals surface area contributed by atoms with Gasteiger partial charge in [0.15, 0.2) is 0 Å². The van der Waals surface area contributed by atoms with Crippen LogP contribution < -0.4 is 10.6 Å². The minimum Gasteiger partial charge on any atom is -0.396 e. The molecule has 8 nitrogen and oxygen atoms in total. The van der Waals surface area contributed by atoms with Crippen molar-refractivity contribution in [2.45, 2.75) is 30.8 Å². The standard InChI is InChI=1S/C19H20F3N5O3S/c20-19(21,22)8-24-18-23-6-10(17-26-11-3-1-2-4-13(11)31-17)16(27-18)25-12-5-9(7-28)14(29)15(12)30/h1-4,6,9,12,14-15,28-30H,5,7-8H2,(H2,23,24,25,27)/t9-,12-,14-,15+/m1/s1. The van der Waals surface area contributed by atoms with Crippen LogP contribution in [0.1, 0.15) is 6.42 Å². The van der Waals surface area contributed by atoms with Gasteiger partial charge in [-0.1, -0.05) is 12.1 Å². The Bertz CT molecular complexity index is 1030. The van der Waals surface area contributed by atoms with E-state index in [-0.39, 0.29) is 24.8 Å². The van der Waals surface area contributed by atoms with Gasteiger partial charge in [0, 0.05) is 18.7 Å². The summed E-state index contributed by atoms with van der Waals surface area (Å²) in [5.74, 6) is -0.590. The van der Waals surface area contributed by atoms with Crippen molar-refractivity contribution in [3.05, 3.63) is 30.5 Å². The average Bonchev–Trinajstić information content (AvgIpc) is 3.28. The normalized spacial score (nSPS) is 23.9. The third-order valence-electron chi connectivity index (χ3n) is 5.12. The number of nitrogens with one attached hydrogen (secondary N) is 2. The fourth-order valence-corrected chi connectivity index (χ4v) is 4.50. The second kappa shape index (κ2) is 8.54. The molecule has 0 amide bonds. The molecule has 1 aromatic carbocycles. The minimum absolute atomic E-state index is 0.175. The number of aliphatic hydroxyl groups is 3. The first-order valence-electron chi connectivity index (χ1n) is 9.52. The first kappa shape index (κ1) is 21.7. The van der Waals surface area contributed by atoms with Gasteiger partial charge < -0.3 is 26.0 Å². The molecule has 4 atom stereocenters. The number of fused-ring (bicyclic) bond motifs is 1. The maximum Gasteiger partial charge on any atom is 0.405 e. The lowest BCUT2D eigenvalue weighted by Gasteiger charge is -2.20. The van der Waals surface area contributed by atoms with Crippen molar-refractivity contribution in [1.82, 2.24) is 15.0 Å². The van der Waals surface area contributed by atoms with Gasteiger partial charge in [-0.3, -0.25) is 0 Å². The van der Waals surface area contributed by atoms with E-state index >= 15 is 0 Å². The van der Waals surface area contributed by atoms with Gasteiger partial charge in [-0.25, -0.2) is 9.97 Å². The van der Waals surface area contributed by atoms with Crippen LogP contribution in [-0.2, 0) is 0 Å². The molecule has 1 fully saturated rings. The second-order valence-corrected chi connectivity index (χ2v) is 8.35. The summed E-state index contributed by atoms with van der Waals surface area (Å²) in [7, 11) is 0. The van der Waals surface area contributed by atoms with E-state index in [1.165, 1.54) is 17.5 Å². The number of anilines is 2. The summed E-state index contributed by atoms with van der Waals surface area (Å²) < 4.78 is 38.7. The summed E-state index contributed by atoms with van der Waals surface area (Å²) in [4.78, 5) is 12.7. The van der Waals surface area contributed by atoms with Crippen LogP contribution in [0.2, 0.25) is 0 Å². The van der Waals surface area contributed by atoms with E-state index in [0.29, 0.717) is 10.6 Å². The molecule has 3 aromatic rings. The number of thiazole rings is 1. The van der Waals surface area contributed by atoms with Crippen molar-refractivity contribution >= 4 is 33.3 Å². The summed E-state index contributed by atoms with van der Waals surface area (Å²) in [6.07, 6.45) is -5.12. The number of rotatable bonds is 6. The van der Waals surface area contributed by atoms with Crippen LogP contribution in [0.4, 0.5) is 24.9 Å². The number of hydrogen-bond acceptors (Lipinski definition) is 9. The monoisotopic (exact) mass is 455 g/mol. The third-order valence-corrected chi connectivity index (χ3v) is 6.19. The SMILES string of the molecule is OC[C@H]1C[C@@H](Nc2nc(NCC(F)(F)F)ncc2-c2nc3ccccc3s2)[C@H](O)[C@@H]1O. The first-order valence-corrected chi connectivity index (χ1v) is 10.3. The number of aromatic nitrogens is 3. The number of hydrogen-bond donors (Lipinski definition) is 5. The van der Waals surface area contributed by atoms with Gasteiger partial charge in [0.25, 0.3) is 0 Å². The summed E-state index contributed by atoms with van der Waals surface area (Å²) in [5.41, 5.74) is 1.21. The molecule has 166 valence electrons. The van der Waals surface area contributed by atoms with Crippen LogP contribution in [0.5, 0.6) is 0 Å². The Morgan fingerprint density at radius 3 is 2.58 bits per heavy atom. The largest absolute Gasteiger partial charge is 0.405 e. The highest BCUT2D eigenvalue weighted by molar-refractivity contribution is 7.21. The number of nitrogens with zero attached hydrogens (tertiary/aromatic N) is 3. The summed E-state index contributed by atoms with van der Waals surface area (Å²) in [5, 5.41) is 35.5. The molecule has 31 heavy (non-hydrogen) atoms. The zero-order valence-electron chi connectivity index (χ0n) is 16.0. The first-order chi connectivity index (χ1) is 14.7. The highest BCUT2D eigenvalue weighted by atomic mass is 32.1. The number of para-hydroxylation sites is 1. The van der Waals surface area contributed by atoms with Crippen LogP contribution in [0.15, 0.2) is 30.5 Å². The van der Waals surface area contributed by atoms with E-state index in [0.717, 1.165) is 10.2 Å². The van der Waals surface area contributed by atoms with Gasteiger partial charge in [-0.15, -0.1) is 11.3 Å². The lowest BCUT2D eigenvalue weighted by molar-refractivity contribution is -0.115. The van der Waals surface area contributed by atoms with Crippen molar-refractivity contribution in [2.75, 3.05) is 23.8 Å². The molecule has 2 heterocycles. The molecule has 0 spiro atoms. The molecule has 1 aliphatic rings. The molecule has 4 rings (SSSR count). The van der Waals surface area contributed by atoms with Gasteiger partial charge in [-0.2, -0.15) is 18.2 Å². The summed E-state index contributed by atoms with van der Waals surface area (Å²) in [6.45, 7) is -1.60. The third kappa shape index (κ3) is 4.71. The Morgan fingerprint density at radius 2 is 1.90 bits per heavy atom. The van der Waals surface area contributed by atoms with Crippen molar-refractivity contribution in [3.63, 3.8) is 0 Å². The Kier molecular flexibility index (Phi) is 5.97. The van der Waals surface area contributed by atoms with Gasteiger partial charge in [0.05, 0.1) is 27.9 Å². The topological polar surface area (TPSA) is 123 Å². The highest BCUT2D eigenvalue weighted by Crippen LogP contribution is 2.36. The van der Waals surface area contributed by atoms with Gasteiger partial charge in [-0.05, 0) is 18.6 Å². The number of benzene rings is 1. The van der Waals surface area contributed by atoms with Crippen LogP contribution >= 0.6 is 11.3 Å². The fourth-order valence-electron chi connectivity index (χ4n) is 3.52. The van der Waals surface area contributed by atoms with E-state index in [1.54, 1.807) is 0 Å². The molecule has 0 saturated heterocycles. The van der Waals surface area contributed by atoms with E-state index < -0.39 is 36.9 Å². The maximum absolute atomic E-state index is 12.6. The minimum atomic E-state index is -4.44. The maximum atomic E-state index is 12.6. The molecule has 1 saturated carbocycles. The molecular weight excluding hydrogens is 435 g/mol. The van der Waals surface area contributed by atoms with E-state index in [1.807, 2.05) is 24.3 Å². The predicted octanol–water partition coefficient (Wildman–Crippen LogP) is 2.24. The molecule has 2 aromatic heterocycles. The summed E-state index contributed by atoms with van der Waals surface area (Å²) in [6, 6.07) is 6.79. The smallest absolute Gasteiger partial charge is 0.396 e. The quantitative estimate of drug-likeness (QED) is 0.384. The van der Waals surface area contributed by atoms with Crippen LogP contribution in [0.3, 0.4) is 0 Å². The predicted molar refractivity (Wildman–Crippen MR) is 110 cm³/mol. The second-order valence-electron chi connectivity index (χ2n) is 7.32. The molecule has 5 N–H and O–H groups in total. The van der Waals surface area contributed by atoms with Crippen LogP contribution in [0, 0.1) is 5.92 Å².